The largest absolute Gasteiger partial charge is 0.368 e. The summed E-state index contributed by atoms with van der Waals surface area (Å²) in [7, 11) is 0. The third kappa shape index (κ3) is 4.11. The van der Waals surface area contributed by atoms with Crippen molar-refractivity contribution in [1.82, 2.24) is 4.90 Å². The molecule has 2 fully saturated rings. The van der Waals surface area contributed by atoms with Crippen LogP contribution in [0.3, 0.4) is 0 Å². The van der Waals surface area contributed by atoms with Gasteiger partial charge < -0.3 is 9.80 Å². The molecule has 120 valence electrons. The zero-order chi connectivity index (χ0) is 15.4. The molecule has 1 aromatic carbocycles. The van der Waals surface area contributed by atoms with E-state index in [4.69, 9.17) is 11.6 Å². The molecule has 2 aliphatic rings. The van der Waals surface area contributed by atoms with Crippen LogP contribution in [-0.4, -0.2) is 48.5 Å². The normalized spacial score (nSPS) is 22.7. The quantitative estimate of drug-likeness (QED) is 0.842. The van der Waals surface area contributed by atoms with Gasteiger partial charge in [-0.2, -0.15) is 11.8 Å². The molecule has 2 saturated heterocycles. The lowest BCUT2D eigenvalue weighted by Crippen LogP contribution is -2.49. The number of carbonyl (C=O) groups excluding carboxylic acids is 1. The molecule has 3 rings (SSSR count). The number of benzene rings is 1. The van der Waals surface area contributed by atoms with Gasteiger partial charge in [-0.25, -0.2) is 0 Å². The number of halogens is 1. The van der Waals surface area contributed by atoms with Crippen molar-refractivity contribution in [1.29, 1.82) is 0 Å². The van der Waals surface area contributed by atoms with Crippen LogP contribution in [0.4, 0.5) is 5.69 Å². The Morgan fingerprint density at radius 3 is 2.77 bits per heavy atom. The molecular formula is C17H23ClN2OS. The summed E-state index contributed by atoms with van der Waals surface area (Å²) < 4.78 is 0. The van der Waals surface area contributed by atoms with Gasteiger partial charge in [-0.05, 0) is 48.5 Å². The number of thioether (sulfide) groups is 1. The Hall–Kier alpha value is -0.870. The highest BCUT2D eigenvalue weighted by Gasteiger charge is 2.24. The SMILES string of the molecule is O=C(CC1CCCSC1)N1CCN(c2cccc(Cl)c2)CC1. The molecule has 1 unspecified atom stereocenters. The van der Waals surface area contributed by atoms with Gasteiger partial charge >= 0.3 is 0 Å². The highest BCUT2D eigenvalue weighted by molar-refractivity contribution is 7.99. The Labute approximate surface area is 142 Å². The molecule has 2 aliphatic heterocycles. The van der Waals surface area contributed by atoms with Crippen LogP contribution in [0.1, 0.15) is 19.3 Å². The Balaban J connectivity index is 1.49. The maximum atomic E-state index is 12.4. The van der Waals surface area contributed by atoms with E-state index in [0.29, 0.717) is 11.8 Å². The third-order valence-electron chi connectivity index (χ3n) is 4.52. The van der Waals surface area contributed by atoms with Gasteiger partial charge in [0, 0.05) is 43.3 Å². The first-order valence-corrected chi connectivity index (χ1v) is 9.61. The number of nitrogens with zero attached hydrogens (tertiary/aromatic N) is 2. The lowest BCUT2D eigenvalue weighted by atomic mass is 10.0. The average molecular weight is 339 g/mol. The summed E-state index contributed by atoms with van der Waals surface area (Å²) >= 11 is 8.06. The fraction of sp³-hybridized carbons (Fsp3) is 0.588. The van der Waals surface area contributed by atoms with Gasteiger partial charge in [-0.15, -0.1) is 0 Å². The minimum atomic E-state index is 0.346. The van der Waals surface area contributed by atoms with E-state index in [1.807, 2.05) is 34.9 Å². The van der Waals surface area contributed by atoms with Crippen LogP contribution in [0.25, 0.3) is 0 Å². The first-order chi connectivity index (χ1) is 10.7. The van der Waals surface area contributed by atoms with Crippen molar-refractivity contribution < 1.29 is 4.79 Å². The summed E-state index contributed by atoms with van der Waals surface area (Å²) in [6.07, 6.45) is 3.23. The van der Waals surface area contributed by atoms with Crippen LogP contribution in [0.15, 0.2) is 24.3 Å². The molecule has 0 spiro atoms. The minimum Gasteiger partial charge on any atom is -0.368 e. The third-order valence-corrected chi connectivity index (χ3v) is 6.04. The Kier molecular flexibility index (Phi) is 5.53. The molecule has 1 amide bonds. The maximum Gasteiger partial charge on any atom is 0.222 e. The first kappa shape index (κ1) is 16.0. The molecule has 1 atom stereocenters. The van der Waals surface area contributed by atoms with E-state index >= 15 is 0 Å². The highest BCUT2D eigenvalue weighted by atomic mass is 35.5. The Morgan fingerprint density at radius 2 is 2.09 bits per heavy atom. The molecule has 0 radical (unpaired) electrons. The maximum absolute atomic E-state index is 12.4. The van der Waals surface area contributed by atoms with Crippen molar-refractivity contribution >= 4 is 35.0 Å². The second-order valence-electron chi connectivity index (χ2n) is 6.13. The molecule has 0 aliphatic carbocycles. The van der Waals surface area contributed by atoms with E-state index < -0.39 is 0 Å². The average Bonchev–Trinajstić information content (AvgIpc) is 2.56. The Morgan fingerprint density at radius 1 is 1.27 bits per heavy atom. The zero-order valence-corrected chi connectivity index (χ0v) is 14.4. The number of piperazine rings is 1. The first-order valence-electron chi connectivity index (χ1n) is 8.08. The van der Waals surface area contributed by atoms with E-state index in [-0.39, 0.29) is 0 Å². The smallest absolute Gasteiger partial charge is 0.222 e. The van der Waals surface area contributed by atoms with E-state index in [2.05, 4.69) is 11.0 Å². The summed E-state index contributed by atoms with van der Waals surface area (Å²) in [5.74, 6) is 3.37. The van der Waals surface area contributed by atoms with Gasteiger partial charge in [0.1, 0.15) is 0 Å². The van der Waals surface area contributed by atoms with Crippen molar-refractivity contribution in [2.45, 2.75) is 19.3 Å². The van der Waals surface area contributed by atoms with Gasteiger partial charge in [0.25, 0.3) is 0 Å². The number of anilines is 1. The van der Waals surface area contributed by atoms with E-state index in [1.165, 1.54) is 18.6 Å². The Bertz CT molecular complexity index is 511. The molecule has 2 heterocycles. The van der Waals surface area contributed by atoms with Crippen LogP contribution in [0.2, 0.25) is 5.02 Å². The van der Waals surface area contributed by atoms with Crippen LogP contribution in [0.5, 0.6) is 0 Å². The number of amides is 1. The number of carbonyl (C=O) groups is 1. The van der Waals surface area contributed by atoms with Gasteiger partial charge in [0.05, 0.1) is 0 Å². The van der Waals surface area contributed by atoms with Crippen LogP contribution in [0, 0.1) is 5.92 Å². The summed E-state index contributed by atoms with van der Waals surface area (Å²) in [6.45, 7) is 3.44. The summed E-state index contributed by atoms with van der Waals surface area (Å²) in [6, 6.07) is 7.96. The molecule has 1 aromatic rings. The van der Waals surface area contributed by atoms with Crippen molar-refractivity contribution in [2.75, 3.05) is 42.6 Å². The number of rotatable bonds is 3. The standard InChI is InChI=1S/C17H23ClN2OS/c18-15-4-1-5-16(12-15)19-6-8-20(9-7-19)17(21)11-14-3-2-10-22-13-14/h1,4-5,12,14H,2-3,6-11,13H2. The van der Waals surface area contributed by atoms with E-state index in [0.717, 1.165) is 49.1 Å². The molecule has 5 heteroatoms. The second-order valence-corrected chi connectivity index (χ2v) is 7.72. The number of hydrogen-bond acceptors (Lipinski definition) is 3. The van der Waals surface area contributed by atoms with Gasteiger partial charge in [-0.3, -0.25) is 4.79 Å². The zero-order valence-electron chi connectivity index (χ0n) is 12.8. The summed E-state index contributed by atoms with van der Waals surface area (Å²) in [4.78, 5) is 16.8. The van der Waals surface area contributed by atoms with Crippen molar-refractivity contribution in [2.24, 2.45) is 5.92 Å². The van der Waals surface area contributed by atoms with E-state index in [1.54, 1.807) is 0 Å². The van der Waals surface area contributed by atoms with Gasteiger partial charge in [0.2, 0.25) is 5.91 Å². The van der Waals surface area contributed by atoms with Crippen LogP contribution < -0.4 is 4.90 Å². The topological polar surface area (TPSA) is 23.6 Å². The fourth-order valence-corrected chi connectivity index (χ4v) is 4.57. The van der Waals surface area contributed by atoms with Crippen molar-refractivity contribution in [3.05, 3.63) is 29.3 Å². The minimum absolute atomic E-state index is 0.346. The molecule has 0 bridgehead atoms. The van der Waals surface area contributed by atoms with Crippen LogP contribution >= 0.6 is 23.4 Å². The van der Waals surface area contributed by atoms with Gasteiger partial charge in [0.15, 0.2) is 0 Å². The predicted molar refractivity (Wildman–Crippen MR) is 94.9 cm³/mol. The lowest BCUT2D eigenvalue weighted by molar-refractivity contribution is -0.132. The van der Waals surface area contributed by atoms with E-state index in [9.17, 15) is 4.79 Å². The summed E-state index contributed by atoms with van der Waals surface area (Å²) in [5.41, 5.74) is 1.16. The number of hydrogen-bond donors (Lipinski definition) is 0. The second kappa shape index (κ2) is 7.60. The van der Waals surface area contributed by atoms with Crippen molar-refractivity contribution in [3.8, 4) is 0 Å². The summed E-state index contributed by atoms with van der Waals surface area (Å²) in [5, 5.41) is 0.769. The molecule has 22 heavy (non-hydrogen) atoms. The molecule has 0 aromatic heterocycles. The van der Waals surface area contributed by atoms with Crippen LogP contribution in [-0.2, 0) is 4.79 Å². The highest BCUT2D eigenvalue weighted by Crippen LogP contribution is 2.26. The fourth-order valence-electron chi connectivity index (χ4n) is 3.23. The predicted octanol–water partition coefficient (Wildman–Crippen LogP) is 3.52. The van der Waals surface area contributed by atoms with Crippen molar-refractivity contribution in [3.63, 3.8) is 0 Å². The monoisotopic (exact) mass is 338 g/mol. The lowest BCUT2D eigenvalue weighted by Gasteiger charge is -2.37. The molecular weight excluding hydrogens is 316 g/mol. The molecule has 0 saturated carbocycles. The van der Waals surface area contributed by atoms with Gasteiger partial charge in [-0.1, -0.05) is 17.7 Å². The molecule has 3 nitrogen and oxygen atoms in total. The molecule has 0 N–H and O–H groups in total.